The highest BCUT2D eigenvalue weighted by Gasteiger charge is 2.12. The van der Waals surface area contributed by atoms with E-state index >= 15 is 0 Å². The predicted octanol–water partition coefficient (Wildman–Crippen LogP) is 8.32. The standard InChI is InChI=1S/C30H21N/c1-3-10-21(11-4-1)23-18-24(22-12-5-2-6-13-22)20-25(19-23)26-15-9-17-29-30(26)27-14-7-8-16-28(27)31-29/h1-20,31H/i7D,8D,14D,16D. The van der Waals surface area contributed by atoms with Crippen LogP contribution in [-0.2, 0) is 0 Å². The van der Waals surface area contributed by atoms with E-state index in [9.17, 15) is 0 Å². The fourth-order valence-electron chi connectivity index (χ4n) is 4.27. The Labute approximate surface area is 187 Å². The average molecular weight is 400 g/mol. The lowest BCUT2D eigenvalue weighted by molar-refractivity contribution is 1.54. The number of aromatic nitrogens is 1. The normalized spacial score (nSPS) is 13.0. The molecule has 1 heteroatoms. The van der Waals surface area contributed by atoms with Crippen LogP contribution in [-0.4, -0.2) is 4.98 Å². The van der Waals surface area contributed by atoms with Gasteiger partial charge in [-0.05, 0) is 63.7 Å². The van der Waals surface area contributed by atoms with Crippen LogP contribution in [0.1, 0.15) is 5.48 Å². The van der Waals surface area contributed by atoms with Crippen molar-refractivity contribution in [2.75, 3.05) is 0 Å². The monoisotopic (exact) mass is 399 g/mol. The molecule has 6 aromatic rings. The largest absolute Gasteiger partial charge is 0.354 e. The summed E-state index contributed by atoms with van der Waals surface area (Å²) in [6, 6.07) is 32.4. The predicted molar refractivity (Wildman–Crippen MR) is 132 cm³/mol. The summed E-state index contributed by atoms with van der Waals surface area (Å²) in [6.07, 6.45) is 0. The average Bonchev–Trinajstić information content (AvgIpc) is 3.31. The van der Waals surface area contributed by atoms with E-state index in [-0.39, 0.29) is 24.2 Å². The van der Waals surface area contributed by atoms with Crippen LogP contribution in [0.25, 0.3) is 55.2 Å². The number of benzene rings is 5. The van der Waals surface area contributed by atoms with E-state index in [0.717, 1.165) is 44.3 Å². The zero-order chi connectivity index (χ0) is 24.1. The second kappa shape index (κ2) is 7.30. The molecule has 0 amide bonds. The first-order chi connectivity index (χ1) is 17.0. The third-order valence-electron chi connectivity index (χ3n) is 5.72. The van der Waals surface area contributed by atoms with Crippen LogP contribution in [0.15, 0.2) is 121 Å². The minimum Gasteiger partial charge on any atom is -0.354 e. The van der Waals surface area contributed by atoms with E-state index in [1.165, 1.54) is 0 Å². The van der Waals surface area contributed by atoms with Crippen LogP contribution in [0.5, 0.6) is 0 Å². The van der Waals surface area contributed by atoms with Gasteiger partial charge in [0.25, 0.3) is 0 Å². The summed E-state index contributed by atoms with van der Waals surface area (Å²) < 4.78 is 33.4. The molecule has 0 aliphatic rings. The van der Waals surface area contributed by atoms with Crippen molar-refractivity contribution in [2.24, 2.45) is 0 Å². The maximum absolute atomic E-state index is 8.63. The zero-order valence-electron chi connectivity index (χ0n) is 20.7. The summed E-state index contributed by atoms with van der Waals surface area (Å²) in [4.78, 5) is 3.25. The van der Waals surface area contributed by atoms with Gasteiger partial charge < -0.3 is 4.98 Å². The Balaban J connectivity index is 1.70. The molecule has 0 aliphatic carbocycles. The summed E-state index contributed by atoms with van der Waals surface area (Å²) in [6.45, 7) is 0. The fraction of sp³-hybridized carbons (Fsp3) is 0. The molecule has 1 nitrogen and oxygen atoms in total. The molecule has 146 valence electrons. The van der Waals surface area contributed by atoms with Gasteiger partial charge in [-0.2, -0.15) is 0 Å². The Morgan fingerprint density at radius 1 is 0.516 bits per heavy atom. The van der Waals surface area contributed by atoms with Crippen LogP contribution in [0, 0.1) is 0 Å². The third kappa shape index (κ3) is 3.12. The van der Waals surface area contributed by atoms with Crippen molar-refractivity contribution in [1.29, 1.82) is 0 Å². The highest BCUT2D eigenvalue weighted by Crippen LogP contribution is 2.38. The summed E-state index contributed by atoms with van der Waals surface area (Å²) in [7, 11) is 0. The van der Waals surface area contributed by atoms with Crippen molar-refractivity contribution < 1.29 is 5.48 Å². The molecule has 1 N–H and O–H groups in total. The van der Waals surface area contributed by atoms with Crippen LogP contribution < -0.4 is 0 Å². The van der Waals surface area contributed by atoms with Crippen LogP contribution in [0.4, 0.5) is 0 Å². The Kier molecular flexibility index (Phi) is 3.30. The van der Waals surface area contributed by atoms with Gasteiger partial charge >= 0.3 is 0 Å². The van der Waals surface area contributed by atoms with Crippen LogP contribution in [0.3, 0.4) is 0 Å². The molecule has 0 bridgehead atoms. The van der Waals surface area contributed by atoms with Crippen LogP contribution in [0.2, 0.25) is 0 Å². The summed E-state index contributed by atoms with van der Waals surface area (Å²) in [5, 5.41) is 1.33. The first kappa shape index (κ1) is 14.0. The highest BCUT2D eigenvalue weighted by molar-refractivity contribution is 6.14. The Morgan fingerprint density at radius 3 is 1.81 bits per heavy atom. The topological polar surface area (TPSA) is 15.8 Å². The van der Waals surface area contributed by atoms with Gasteiger partial charge in [0.15, 0.2) is 0 Å². The number of rotatable bonds is 3. The van der Waals surface area contributed by atoms with Gasteiger partial charge in [-0.1, -0.05) is 90.9 Å². The Morgan fingerprint density at radius 2 is 1.13 bits per heavy atom. The van der Waals surface area contributed by atoms with Crippen molar-refractivity contribution in [2.45, 2.75) is 0 Å². The van der Waals surface area contributed by atoms with E-state index in [2.05, 4.69) is 47.4 Å². The molecule has 0 saturated heterocycles. The maximum atomic E-state index is 8.63. The van der Waals surface area contributed by atoms with Gasteiger partial charge in [0, 0.05) is 21.8 Å². The van der Waals surface area contributed by atoms with Crippen molar-refractivity contribution >= 4 is 21.8 Å². The van der Waals surface area contributed by atoms with Crippen molar-refractivity contribution in [3.05, 3.63) is 121 Å². The lowest BCUT2D eigenvalue weighted by atomic mass is 9.91. The molecule has 1 heterocycles. The third-order valence-corrected chi connectivity index (χ3v) is 5.72. The molecule has 6 rings (SSSR count). The van der Waals surface area contributed by atoms with Crippen molar-refractivity contribution in [3.8, 4) is 33.4 Å². The molecule has 31 heavy (non-hydrogen) atoms. The summed E-state index contributed by atoms with van der Waals surface area (Å²) in [5.74, 6) is 0. The molecule has 0 fully saturated rings. The number of para-hydroxylation sites is 1. The Hall–Kier alpha value is -4.10. The molecule has 0 spiro atoms. The number of H-pyrrole nitrogens is 1. The van der Waals surface area contributed by atoms with Gasteiger partial charge in [-0.25, -0.2) is 0 Å². The van der Waals surface area contributed by atoms with Gasteiger partial charge in [-0.15, -0.1) is 0 Å². The molecular formula is C30H21N. The van der Waals surface area contributed by atoms with Gasteiger partial charge in [-0.3, -0.25) is 0 Å². The number of fused-ring (bicyclic) bond motifs is 3. The summed E-state index contributed by atoms with van der Waals surface area (Å²) >= 11 is 0. The van der Waals surface area contributed by atoms with E-state index in [1.807, 2.05) is 54.6 Å². The smallest absolute Gasteiger partial charge is 0.0645 e. The summed E-state index contributed by atoms with van der Waals surface area (Å²) in [5.41, 5.74) is 7.52. The second-order valence-corrected chi connectivity index (χ2v) is 7.63. The van der Waals surface area contributed by atoms with E-state index in [4.69, 9.17) is 5.48 Å². The molecule has 5 aromatic carbocycles. The highest BCUT2D eigenvalue weighted by atomic mass is 14.7. The van der Waals surface area contributed by atoms with Gasteiger partial charge in [0.2, 0.25) is 0 Å². The second-order valence-electron chi connectivity index (χ2n) is 7.63. The fourth-order valence-corrected chi connectivity index (χ4v) is 4.27. The van der Waals surface area contributed by atoms with Gasteiger partial charge in [0.1, 0.15) is 0 Å². The number of hydrogen-bond acceptors (Lipinski definition) is 0. The first-order valence-corrected chi connectivity index (χ1v) is 10.3. The lowest BCUT2D eigenvalue weighted by Gasteiger charge is -2.12. The molecule has 0 saturated carbocycles. The quantitative estimate of drug-likeness (QED) is 0.308. The SMILES string of the molecule is [2H]c1c([2H])c([2H])c2c([nH]c3cccc(-c4cc(-c5ccccc5)cc(-c5ccccc5)c4)c32)c1[2H]. The minimum atomic E-state index is -0.229. The molecule has 0 aliphatic heterocycles. The molecular weight excluding hydrogens is 374 g/mol. The first-order valence-electron chi connectivity index (χ1n) is 12.3. The molecule has 0 atom stereocenters. The molecule has 0 unspecified atom stereocenters. The Bertz CT molecular complexity index is 1660. The van der Waals surface area contributed by atoms with Crippen molar-refractivity contribution in [1.82, 2.24) is 4.98 Å². The zero-order valence-corrected chi connectivity index (χ0v) is 16.7. The minimum absolute atomic E-state index is 0.0257. The number of hydrogen-bond donors (Lipinski definition) is 1. The van der Waals surface area contributed by atoms with E-state index in [1.54, 1.807) is 0 Å². The maximum Gasteiger partial charge on any atom is 0.0645 e. The van der Waals surface area contributed by atoms with Crippen LogP contribution >= 0.6 is 0 Å². The number of nitrogens with one attached hydrogen (secondary N) is 1. The molecule has 0 radical (unpaired) electrons. The van der Waals surface area contributed by atoms with Crippen molar-refractivity contribution in [3.63, 3.8) is 0 Å². The lowest BCUT2D eigenvalue weighted by Crippen LogP contribution is -1.87. The number of aromatic amines is 1. The van der Waals surface area contributed by atoms with E-state index < -0.39 is 0 Å². The van der Waals surface area contributed by atoms with Gasteiger partial charge in [0.05, 0.1) is 5.48 Å². The van der Waals surface area contributed by atoms with E-state index in [0.29, 0.717) is 10.9 Å². The molecule has 1 aromatic heterocycles.